The molecule has 0 aliphatic carbocycles. The molecule has 82 valence electrons. The van der Waals surface area contributed by atoms with E-state index in [0.29, 0.717) is 6.42 Å². The zero-order valence-corrected chi connectivity index (χ0v) is 8.66. The Morgan fingerprint density at radius 2 is 2.33 bits per heavy atom. The van der Waals surface area contributed by atoms with Crippen LogP contribution in [0.2, 0.25) is 0 Å². The largest absolute Gasteiger partial charge is 0.369 e. The Hall–Kier alpha value is -1.42. The van der Waals surface area contributed by atoms with E-state index >= 15 is 0 Å². The van der Waals surface area contributed by atoms with Crippen molar-refractivity contribution < 1.29 is 9.18 Å². The summed E-state index contributed by atoms with van der Waals surface area (Å²) in [6, 6.07) is 6.52. The Balaban J connectivity index is 2.44. The van der Waals surface area contributed by atoms with Crippen LogP contribution >= 0.6 is 0 Å². The number of primary amides is 1. The van der Waals surface area contributed by atoms with Gasteiger partial charge in [-0.25, -0.2) is 4.39 Å². The minimum atomic E-state index is -0.388. The van der Waals surface area contributed by atoms with Crippen molar-refractivity contribution in [2.24, 2.45) is 5.73 Å². The fourth-order valence-electron chi connectivity index (χ4n) is 1.36. The Kier molecular flexibility index (Phi) is 4.24. The molecule has 3 N–H and O–H groups in total. The molecule has 1 aromatic rings. The summed E-state index contributed by atoms with van der Waals surface area (Å²) in [5, 5.41) is 2.95. The highest BCUT2D eigenvalue weighted by Gasteiger charge is 2.04. The number of nitrogens with one attached hydrogen (secondary N) is 1. The third kappa shape index (κ3) is 4.56. The lowest BCUT2D eigenvalue weighted by Gasteiger charge is -2.12. The average molecular weight is 210 g/mol. The third-order valence-corrected chi connectivity index (χ3v) is 2.06. The van der Waals surface area contributed by atoms with Crippen LogP contribution in [-0.4, -0.2) is 18.5 Å². The fraction of sp³-hybridized carbons (Fsp3) is 0.364. The molecule has 0 radical (unpaired) electrons. The third-order valence-electron chi connectivity index (χ3n) is 2.06. The van der Waals surface area contributed by atoms with Gasteiger partial charge in [0.05, 0.1) is 6.54 Å². The van der Waals surface area contributed by atoms with Crippen molar-refractivity contribution in [3.8, 4) is 0 Å². The zero-order valence-electron chi connectivity index (χ0n) is 8.66. The molecule has 1 atom stereocenters. The van der Waals surface area contributed by atoms with Crippen LogP contribution in [-0.2, 0) is 11.2 Å². The maximum absolute atomic E-state index is 12.8. The molecule has 1 amide bonds. The number of hydrogen-bond acceptors (Lipinski definition) is 2. The summed E-state index contributed by atoms with van der Waals surface area (Å²) in [7, 11) is 0. The number of hydrogen-bond donors (Lipinski definition) is 2. The minimum Gasteiger partial charge on any atom is -0.369 e. The summed E-state index contributed by atoms with van der Waals surface area (Å²) in [6.07, 6.45) is 0.672. The summed E-state index contributed by atoms with van der Waals surface area (Å²) in [4.78, 5) is 10.5. The van der Waals surface area contributed by atoms with Gasteiger partial charge < -0.3 is 11.1 Å². The highest BCUT2D eigenvalue weighted by Crippen LogP contribution is 2.06. The number of halogens is 1. The van der Waals surface area contributed by atoms with Crippen molar-refractivity contribution in [3.05, 3.63) is 35.6 Å². The first kappa shape index (κ1) is 11.7. The normalized spacial score (nSPS) is 12.4. The molecule has 0 aliphatic rings. The fourth-order valence-corrected chi connectivity index (χ4v) is 1.36. The SMILES string of the molecule is CC(Cc1cccc(F)c1)NCC(N)=O. The molecule has 0 fully saturated rings. The Labute approximate surface area is 88.5 Å². The van der Waals surface area contributed by atoms with Crippen molar-refractivity contribution >= 4 is 5.91 Å². The van der Waals surface area contributed by atoms with Gasteiger partial charge in [-0.15, -0.1) is 0 Å². The number of carbonyl (C=O) groups excluding carboxylic acids is 1. The van der Waals surface area contributed by atoms with Crippen LogP contribution < -0.4 is 11.1 Å². The quantitative estimate of drug-likeness (QED) is 0.756. The van der Waals surface area contributed by atoms with Gasteiger partial charge in [0.15, 0.2) is 0 Å². The smallest absolute Gasteiger partial charge is 0.231 e. The van der Waals surface area contributed by atoms with E-state index in [-0.39, 0.29) is 24.3 Å². The first-order valence-corrected chi connectivity index (χ1v) is 4.84. The van der Waals surface area contributed by atoms with Gasteiger partial charge in [-0.05, 0) is 31.0 Å². The topological polar surface area (TPSA) is 55.1 Å². The first-order valence-electron chi connectivity index (χ1n) is 4.84. The lowest BCUT2D eigenvalue weighted by molar-refractivity contribution is -0.117. The van der Waals surface area contributed by atoms with E-state index in [4.69, 9.17) is 5.73 Å². The molecule has 1 rings (SSSR count). The number of amides is 1. The van der Waals surface area contributed by atoms with E-state index in [1.807, 2.05) is 13.0 Å². The molecular weight excluding hydrogens is 195 g/mol. The molecule has 1 unspecified atom stereocenters. The van der Waals surface area contributed by atoms with E-state index in [1.54, 1.807) is 6.07 Å². The molecule has 1 aromatic carbocycles. The zero-order chi connectivity index (χ0) is 11.3. The van der Waals surface area contributed by atoms with Crippen molar-refractivity contribution in [1.29, 1.82) is 0 Å². The van der Waals surface area contributed by atoms with Crippen LogP contribution in [0.15, 0.2) is 24.3 Å². The molecule has 0 heterocycles. The number of rotatable bonds is 5. The van der Waals surface area contributed by atoms with Crippen LogP contribution in [0.4, 0.5) is 4.39 Å². The highest BCUT2D eigenvalue weighted by molar-refractivity contribution is 5.75. The van der Waals surface area contributed by atoms with Crippen molar-refractivity contribution in [2.75, 3.05) is 6.54 Å². The van der Waals surface area contributed by atoms with Crippen molar-refractivity contribution in [3.63, 3.8) is 0 Å². The average Bonchev–Trinajstić information content (AvgIpc) is 2.15. The van der Waals surface area contributed by atoms with Crippen LogP contribution in [0.5, 0.6) is 0 Å². The summed E-state index contributed by atoms with van der Waals surface area (Å²) in [5.41, 5.74) is 5.90. The predicted molar refractivity (Wildman–Crippen MR) is 56.8 cm³/mol. The summed E-state index contributed by atoms with van der Waals surface area (Å²) >= 11 is 0. The number of nitrogens with two attached hydrogens (primary N) is 1. The molecule has 0 bridgehead atoms. The molecule has 3 nitrogen and oxygen atoms in total. The van der Waals surface area contributed by atoms with Crippen LogP contribution in [0.25, 0.3) is 0 Å². The van der Waals surface area contributed by atoms with Gasteiger partial charge in [-0.1, -0.05) is 12.1 Å². The minimum absolute atomic E-state index is 0.0966. The maximum Gasteiger partial charge on any atom is 0.231 e. The van der Waals surface area contributed by atoms with Crippen molar-refractivity contribution in [2.45, 2.75) is 19.4 Å². The van der Waals surface area contributed by atoms with Gasteiger partial charge in [0.25, 0.3) is 0 Å². The lowest BCUT2D eigenvalue weighted by Crippen LogP contribution is -2.36. The molecule has 4 heteroatoms. The van der Waals surface area contributed by atoms with Gasteiger partial charge in [-0.2, -0.15) is 0 Å². The van der Waals surface area contributed by atoms with Crippen LogP contribution in [0.3, 0.4) is 0 Å². The van der Waals surface area contributed by atoms with Gasteiger partial charge in [0.2, 0.25) is 5.91 Å². The molecule has 0 saturated carbocycles. The monoisotopic (exact) mass is 210 g/mol. The van der Waals surface area contributed by atoms with Gasteiger partial charge >= 0.3 is 0 Å². The Bertz CT molecular complexity index is 341. The second kappa shape index (κ2) is 5.46. The molecule has 0 aromatic heterocycles. The Morgan fingerprint density at radius 1 is 1.60 bits per heavy atom. The molecule has 0 spiro atoms. The first-order chi connectivity index (χ1) is 7.08. The predicted octanol–water partition coefficient (Wildman–Crippen LogP) is 0.832. The van der Waals surface area contributed by atoms with Gasteiger partial charge in [0.1, 0.15) is 5.82 Å². The van der Waals surface area contributed by atoms with E-state index < -0.39 is 0 Å². The second-order valence-corrected chi connectivity index (χ2v) is 3.58. The van der Waals surface area contributed by atoms with Crippen molar-refractivity contribution in [1.82, 2.24) is 5.32 Å². The Morgan fingerprint density at radius 3 is 2.93 bits per heavy atom. The number of benzene rings is 1. The summed E-state index contributed by atoms with van der Waals surface area (Å²) in [6.45, 7) is 2.07. The van der Waals surface area contributed by atoms with E-state index in [2.05, 4.69) is 5.32 Å². The summed E-state index contributed by atoms with van der Waals surface area (Å²) in [5.74, 6) is -0.629. The van der Waals surface area contributed by atoms with E-state index in [0.717, 1.165) is 5.56 Å². The molecule has 15 heavy (non-hydrogen) atoms. The standard InChI is InChI=1S/C11H15FN2O/c1-8(14-7-11(13)15)5-9-3-2-4-10(12)6-9/h2-4,6,8,14H,5,7H2,1H3,(H2,13,15). The molecular formula is C11H15FN2O. The van der Waals surface area contributed by atoms with Gasteiger partial charge in [-0.3, -0.25) is 4.79 Å². The maximum atomic E-state index is 12.8. The summed E-state index contributed by atoms with van der Waals surface area (Å²) < 4.78 is 12.8. The second-order valence-electron chi connectivity index (χ2n) is 3.58. The van der Waals surface area contributed by atoms with Crippen LogP contribution in [0, 0.1) is 5.82 Å². The highest BCUT2D eigenvalue weighted by atomic mass is 19.1. The van der Waals surface area contributed by atoms with E-state index in [9.17, 15) is 9.18 Å². The van der Waals surface area contributed by atoms with Crippen LogP contribution in [0.1, 0.15) is 12.5 Å². The number of carbonyl (C=O) groups is 1. The van der Waals surface area contributed by atoms with E-state index in [1.165, 1.54) is 12.1 Å². The lowest BCUT2D eigenvalue weighted by atomic mass is 10.1. The molecule has 0 saturated heterocycles. The molecule has 0 aliphatic heterocycles. The van der Waals surface area contributed by atoms with Gasteiger partial charge in [0, 0.05) is 6.04 Å².